The number of nitrogens with zero attached hydrogens (tertiary/aromatic N) is 3. The number of ether oxygens (including phenoxy) is 1. The summed E-state index contributed by atoms with van der Waals surface area (Å²) in [6, 6.07) is 14.6. The number of fused-ring (bicyclic) bond motifs is 2. The van der Waals surface area contributed by atoms with Gasteiger partial charge in [-0.1, -0.05) is 99.6 Å². The maximum atomic E-state index is 6.50. The number of halogens is 1. The molecule has 238 valence electrons. The maximum absolute atomic E-state index is 6.50. The van der Waals surface area contributed by atoms with Gasteiger partial charge in [0, 0.05) is 48.0 Å². The van der Waals surface area contributed by atoms with Crippen molar-refractivity contribution in [2.24, 2.45) is 0 Å². The van der Waals surface area contributed by atoms with Crippen molar-refractivity contribution in [1.29, 1.82) is 0 Å². The molecule has 1 saturated heterocycles. The molecule has 0 radical (unpaired) electrons. The van der Waals surface area contributed by atoms with Crippen molar-refractivity contribution in [3.05, 3.63) is 82.9 Å². The van der Waals surface area contributed by atoms with Gasteiger partial charge in [0.1, 0.15) is 0 Å². The van der Waals surface area contributed by atoms with Crippen LogP contribution in [0.4, 0.5) is 11.4 Å². The molecule has 4 rings (SSSR count). The summed E-state index contributed by atoms with van der Waals surface area (Å²) < 4.78 is 6.26. The summed E-state index contributed by atoms with van der Waals surface area (Å²) in [4.78, 5) is 6.97. The molecule has 2 aliphatic rings. The number of para-hydroxylation sites is 1. The molecule has 1 fully saturated rings. The second-order valence-corrected chi connectivity index (χ2v) is 12.9. The lowest BCUT2D eigenvalue weighted by Gasteiger charge is -2.36. The average Bonchev–Trinajstić information content (AvgIpc) is 3.17. The standard InChI is InChI=1S/C38H52ClN3OS/c1-3-4-5-6-7-8-9-10-11-12-13-14-15-16-17-20-29-43-38(44)42-35-24-23-33(39)30-32(35)31-37(34-21-18-19-22-36(34)42)41-27-25-40(2)26-28-41/h7-8,10-11,18-19,21-24,30-31H,3-6,9,12-17,20,25-29H2,1-2H3/b8-7-,11-10-. The Hall–Kier alpha value is -2.60. The maximum Gasteiger partial charge on any atom is 0.268 e. The molecular formula is C38H52ClN3OS. The lowest BCUT2D eigenvalue weighted by molar-refractivity contribution is 0.208. The molecule has 0 bridgehead atoms. The van der Waals surface area contributed by atoms with Gasteiger partial charge in [-0.15, -0.1) is 0 Å². The van der Waals surface area contributed by atoms with E-state index in [0.29, 0.717) is 11.8 Å². The number of benzene rings is 2. The number of rotatable bonds is 16. The molecule has 0 amide bonds. The van der Waals surface area contributed by atoms with Gasteiger partial charge < -0.3 is 14.5 Å². The minimum absolute atomic E-state index is 0.497. The smallest absolute Gasteiger partial charge is 0.268 e. The first kappa shape index (κ1) is 34.3. The van der Waals surface area contributed by atoms with Gasteiger partial charge in [0.15, 0.2) is 0 Å². The molecule has 2 aromatic carbocycles. The molecule has 4 nitrogen and oxygen atoms in total. The van der Waals surface area contributed by atoms with Gasteiger partial charge in [0.25, 0.3) is 5.17 Å². The molecular weight excluding hydrogens is 582 g/mol. The highest BCUT2D eigenvalue weighted by molar-refractivity contribution is 7.80. The van der Waals surface area contributed by atoms with Gasteiger partial charge >= 0.3 is 0 Å². The Morgan fingerprint density at radius 1 is 0.818 bits per heavy atom. The Morgan fingerprint density at radius 3 is 2.25 bits per heavy atom. The van der Waals surface area contributed by atoms with Crippen molar-refractivity contribution in [1.82, 2.24) is 9.80 Å². The summed E-state index contributed by atoms with van der Waals surface area (Å²) in [7, 11) is 2.19. The molecule has 44 heavy (non-hydrogen) atoms. The molecule has 0 N–H and O–H groups in total. The molecule has 0 saturated carbocycles. The number of thiocarbonyl (C=S) groups is 1. The van der Waals surface area contributed by atoms with E-state index >= 15 is 0 Å². The van der Waals surface area contributed by atoms with Crippen molar-refractivity contribution < 1.29 is 4.74 Å². The van der Waals surface area contributed by atoms with Crippen LogP contribution in [0.15, 0.2) is 66.8 Å². The second-order valence-electron chi connectivity index (χ2n) is 12.1. The third kappa shape index (κ3) is 10.5. The lowest BCUT2D eigenvalue weighted by Crippen LogP contribution is -2.43. The largest absolute Gasteiger partial charge is 0.470 e. The zero-order valence-electron chi connectivity index (χ0n) is 27.0. The van der Waals surface area contributed by atoms with E-state index in [1.165, 1.54) is 75.5 Å². The topological polar surface area (TPSA) is 19.0 Å². The van der Waals surface area contributed by atoms with Crippen LogP contribution in [0.5, 0.6) is 0 Å². The molecule has 6 heteroatoms. The summed E-state index contributed by atoms with van der Waals surface area (Å²) >= 11 is 12.5. The van der Waals surface area contributed by atoms with E-state index in [2.05, 4.69) is 89.4 Å². The third-order valence-corrected chi connectivity index (χ3v) is 9.08. The molecule has 0 spiro atoms. The van der Waals surface area contributed by atoms with E-state index in [9.17, 15) is 0 Å². The van der Waals surface area contributed by atoms with Crippen LogP contribution in [0.25, 0.3) is 11.8 Å². The van der Waals surface area contributed by atoms with Crippen molar-refractivity contribution in [3.8, 4) is 0 Å². The van der Waals surface area contributed by atoms with Crippen LogP contribution in [0.1, 0.15) is 95.1 Å². The third-order valence-electron chi connectivity index (χ3n) is 8.54. The SMILES string of the molecule is CCCCC/C=C\C/C=C\CCCCCCCCOC(=S)N1c2ccc(Cl)cc2C=C(N2CCN(C)CC2)c2ccccc21. The Balaban J connectivity index is 1.24. The zero-order chi connectivity index (χ0) is 31.0. The lowest BCUT2D eigenvalue weighted by atomic mass is 10.1. The number of piperazine rings is 1. The first-order chi connectivity index (χ1) is 21.6. The molecule has 0 unspecified atom stereocenters. The Labute approximate surface area is 277 Å². The van der Waals surface area contributed by atoms with Gasteiger partial charge in [-0.25, -0.2) is 0 Å². The average molecular weight is 634 g/mol. The van der Waals surface area contributed by atoms with Crippen LogP contribution < -0.4 is 4.90 Å². The summed E-state index contributed by atoms with van der Waals surface area (Å²) in [5, 5.41) is 1.22. The minimum Gasteiger partial charge on any atom is -0.470 e. The zero-order valence-corrected chi connectivity index (χ0v) is 28.6. The number of likely N-dealkylation sites (N-methyl/N-ethyl adjacent to an activating group) is 1. The predicted octanol–water partition coefficient (Wildman–Crippen LogP) is 10.7. The number of anilines is 2. The van der Waals surface area contributed by atoms with Gasteiger partial charge in [0.2, 0.25) is 0 Å². The van der Waals surface area contributed by atoms with Crippen LogP contribution in [0.2, 0.25) is 5.02 Å². The van der Waals surface area contributed by atoms with Crippen molar-refractivity contribution >= 4 is 52.1 Å². The van der Waals surface area contributed by atoms with Crippen LogP contribution in [-0.4, -0.2) is 54.8 Å². The monoisotopic (exact) mass is 633 g/mol. The molecule has 2 heterocycles. The second kappa shape index (κ2) is 19.0. The van der Waals surface area contributed by atoms with Crippen LogP contribution >= 0.6 is 23.8 Å². The van der Waals surface area contributed by atoms with Crippen molar-refractivity contribution in [2.75, 3.05) is 44.7 Å². The normalized spacial score (nSPS) is 15.4. The Bertz CT molecular complexity index is 1260. The highest BCUT2D eigenvalue weighted by atomic mass is 35.5. The predicted molar refractivity (Wildman–Crippen MR) is 195 cm³/mol. The Morgan fingerprint density at radius 2 is 1.50 bits per heavy atom. The number of unbranched alkanes of at least 4 members (excludes halogenated alkanes) is 9. The van der Waals surface area contributed by atoms with Crippen molar-refractivity contribution in [3.63, 3.8) is 0 Å². The van der Waals surface area contributed by atoms with Crippen LogP contribution in [-0.2, 0) is 4.74 Å². The first-order valence-corrected chi connectivity index (χ1v) is 17.7. The van der Waals surface area contributed by atoms with Crippen molar-refractivity contribution in [2.45, 2.75) is 84.0 Å². The van der Waals surface area contributed by atoms with Gasteiger partial charge in [-0.2, -0.15) is 0 Å². The fraction of sp³-hybridized carbons (Fsp3) is 0.500. The summed E-state index contributed by atoms with van der Waals surface area (Å²) in [6.45, 7) is 6.95. The molecule has 0 atom stereocenters. The van der Waals surface area contributed by atoms with Crippen LogP contribution in [0, 0.1) is 0 Å². The summed E-state index contributed by atoms with van der Waals surface area (Å²) in [5.74, 6) is 0. The molecule has 2 aliphatic heterocycles. The van der Waals surface area contributed by atoms with Gasteiger partial charge in [-0.3, -0.25) is 4.90 Å². The van der Waals surface area contributed by atoms with E-state index < -0.39 is 0 Å². The van der Waals surface area contributed by atoms with Gasteiger partial charge in [0.05, 0.1) is 18.0 Å². The van der Waals surface area contributed by atoms with Gasteiger partial charge in [-0.05, 0) is 88.1 Å². The highest BCUT2D eigenvalue weighted by Crippen LogP contribution is 2.42. The fourth-order valence-corrected chi connectivity index (χ4v) is 6.37. The first-order valence-electron chi connectivity index (χ1n) is 16.9. The van der Waals surface area contributed by atoms with Crippen LogP contribution in [0.3, 0.4) is 0 Å². The van der Waals surface area contributed by atoms with E-state index in [0.717, 1.165) is 61.0 Å². The fourth-order valence-electron chi connectivity index (χ4n) is 5.90. The number of hydrogen-bond donors (Lipinski definition) is 0. The molecule has 2 aromatic rings. The molecule has 0 aliphatic carbocycles. The number of hydrogen-bond acceptors (Lipinski definition) is 4. The van der Waals surface area contributed by atoms with E-state index in [-0.39, 0.29) is 0 Å². The highest BCUT2D eigenvalue weighted by Gasteiger charge is 2.28. The summed E-state index contributed by atoms with van der Waals surface area (Å²) in [5.41, 5.74) is 5.51. The number of allylic oxidation sites excluding steroid dienone is 4. The quantitative estimate of drug-likeness (QED) is 0.104. The summed E-state index contributed by atoms with van der Waals surface area (Å²) in [6.07, 6.45) is 26.3. The Kier molecular flexibility index (Phi) is 14.8. The van der Waals surface area contributed by atoms with E-state index in [1.54, 1.807) is 0 Å². The van der Waals surface area contributed by atoms with E-state index in [1.807, 2.05) is 12.1 Å². The minimum atomic E-state index is 0.497. The molecule has 0 aromatic heterocycles. The van der Waals surface area contributed by atoms with E-state index in [4.69, 9.17) is 28.6 Å².